The highest BCUT2D eigenvalue weighted by Gasteiger charge is 2.14. The predicted octanol–water partition coefficient (Wildman–Crippen LogP) is 3.61. The lowest BCUT2D eigenvalue weighted by Gasteiger charge is -2.22. The summed E-state index contributed by atoms with van der Waals surface area (Å²) in [4.78, 5) is 25.4. The number of amidine groups is 1. The minimum atomic E-state index is 0.308. The third kappa shape index (κ3) is 6.74. The number of hydrogen-bond acceptors (Lipinski definition) is 7. The van der Waals surface area contributed by atoms with Crippen molar-refractivity contribution in [2.75, 3.05) is 31.6 Å². The fourth-order valence-corrected chi connectivity index (χ4v) is 3.97. The van der Waals surface area contributed by atoms with Crippen molar-refractivity contribution in [3.63, 3.8) is 0 Å². The Labute approximate surface area is 200 Å². The van der Waals surface area contributed by atoms with Crippen LogP contribution in [0.15, 0.2) is 59.5 Å². The highest BCUT2D eigenvalue weighted by atomic mass is 16.5. The molecule has 0 radical (unpaired) electrons. The molecule has 2 aliphatic rings. The van der Waals surface area contributed by atoms with Gasteiger partial charge in [0, 0.05) is 50.9 Å². The van der Waals surface area contributed by atoms with Crippen LogP contribution in [0, 0.1) is 5.92 Å². The summed E-state index contributed by atoms with van der Waals surface area (Å²) in [6.07, 6.45) is 11.6. The van der Waals surface area contributed by atoms with Gasteiger partial charge in [0.15, 0.2) is 17.9 Å². The maximum atomic E-state index is 11.7. The zero-order chi connectivity index (χ0) is 23.6. The summed E-state index contributed by atoms with van der Waals surface area (Å²) in [5, 5.41) is 9.92. The topological polar surface area (TPSA) is 101 Å². The molecule has 2 aromatic rings. The molecule has 8 nitrogen and oxygen atoms in total. The molecule has 0 unspecified atom stereocenters. The van der Waals surface area contributed by atoms with Gasteiger partial charge in [0.2, 0.25) is 0 Å². The lowest BCUT2D eigenvalue weighted by atomic mass is 9.97. The number of carbonyl (C=O) groups is 1. The Kier molecular flexibility index (Phi) is 8.40. The number of anilines is 1. The number of ether oxygens (including phenoxy) is 1. The molecule has 0 atom stereocenters. The van der Waals surface area contributed by atoms with Gasteiger partial charge in [0.25, 0.3) is 0 Å². The minimum Gasteiger partial charge on any atom is -0.384 e. The van der Waals surface area contributed by atoms with Gasteiger partial charge in [-0.3, -0.25) is 9.78 Å². The number of rotatable bonds is 9. The highest BCUT2D eigenvalue weighted by molar-refractivity contribution is 6.27. The van der Waals surface area contributed by atoms with E-state index >= 15 is 0 Å². The van der Waals surface area contributed by atoms with E-state index < -0.39 is 0 Å². The van der Waals surface area contributed by atoms with E-state index in [1.807, 2.05) is 43.5 Å². The normalized spacial score (nSPS) is 16.8. The van der Waals surface area contributed by atoms with Crippen LogP contribution in [-0.2, 0) is 16.1 Å². The van der Waals surface area contributed by atoms with Crippen LogP contribution < -0.4 is 16.0 Å². The van der Waals surface area contributed by atoms with Crippen molar-refractivity contribution < 1.29 is 9.53 Å². The van der Waals surface area contributed by atoms with E-state index in [4.69, 9.17) is 9.72 Å². The lowest BCUT2D eigenvalue weighted by Crippen LogP contribution is -2.28. The Morgan fingerprint density at radius 2 is 2.15 bits per heavy atom. The predicted molar refractivity (Wildman–Crippen MR) is 135 cm³/mol. The van der Waals surface area contributed by atoms with Gasteiger partial charge in [-0.2, -0.15) is 0 Å². The number of dihydropyridines is 1. The number of allylic oxidation sites excluding steroid dienone is 3. The Morgan fingerprint density at radius 3 is 2.88 bits per heavy atom. The monoisotopic (exact) mass is 460 g/mol. The lowest BCUT2D eigenvalue weighted by molar-refractivity contribution is -0.102. The van der Waals surface area contributed by atoms with Gasteiger partial charge in [-0.1, -0.05) is 12.1 Å². The Balaban J connectivity index is 1.51. The average molecular weight is 461 g/mol. The van der Waals surface area contributed by atoms with E-state index in [-0.39, 0.29) is 0 Å². The summed E-state index contributed by atoms with van der Waals surface area (Å²) in [6.45, 7) is 5.66. The smallest absolute Gasteiger partial charge is 0.185 e. The minimum absolute atomic E-state index is 0.308. The molecule has 4 heterocycles. The molecule has 0 amide bonds. The van der Waals surface area contributed by atoms with Crippen molar-refractivity contribution in [2.24, 2.45) is 10.9 Å². The molecule has 0 aliphatic carbocycles. The molecule has 0 aromatic carbocycles. The maximum Gasteiger partial charge on any atom is 0.185 e. The maximum absolute atomic E-state index is 11.7. The molecule has 178 valence electrons. The largest absolute Gasteiger partial charge is 0.384 e. The Hall–Kier alpha value is -3.52. The number of nitrogens with one attached hydrogen (secondary N) is 3. The summed E-state index contributed by atoms with van der Waals surface area (Å²) in [5.74, 6) is 1.56. The van der Waals surface area contributed by atoms with E-state index in [1.54, 1.807) is 6.20 Å². The number of nitrogens with zero attached hydrogens (tertiary/aromatic N) is 3. The van der Waals surface area contributed by atoms with E-state index in [1.165, 1.54) is 0 Å². The van der Waals surface area contributed by atoms with Gasteiger partial charge < -0.3 is 20.7 Å². The first-order chi connectivity index (χ1) is 16.7. The zero-order valence-corrected chi connectivity index (χ0v) is 19.6. The van der Waals surface area contributed by atoms with Crippen LogP contribution in [0.3, 0.4) is 0 Å². The van der Waals surface area contributed by atoms with Crippen molar-refractivity contribution in [1.82, 2.24) is 20.6 Å². The van der Waals surface area contributed by atoms with E-state index in [9.17, 15) is 4.79 Å². The fraction of sp³-hybridized carbons (Fsp3) is 0.385. The van der Waals surface area contributed by atoms with Gasteiger partial charge >= 0.3 is 0 Å². The SMILES string of the molecule is CC1=CC=C(c2ccc(/N=C(\C=O)NCCC3CCOCC3)c(NCc3cccnc3)n2)CN1. The van der Waals surface area contributed by atoms with Crippen molar-refractivity contribution in [1.29, 1.82) is 0 Å². The van der Waals surface area contributed by atoms with Crippen LogP contribution in [0.5, 0.6) is 0 Å². The molecule has 34 heavy (non-hydrogen) atoms. The molecule has 4 rings (SSSR count). The molecule has 3 N–H and O–H groups in total. The number of pyridine rings is 2. The van der Waals surface area contributed by atoms with Crippen LogP contribution in [0.4, 0.5) is 11.5 Å². The fourth-order valence-electron chi connectivity index (χ4n) is 3.97. The molecule has 8 heteroatoms. The molecule has 1 saturated heterocycles. The third-order valence-electron chi connectivity index (χ3n) is 6.03. The van der Waals surface area contributed by atoms with Crippen molar-refractivity contribution in [2.45, 2.75) is 32.7 Å². The summed E-state index contributed by atoms with van der Waals surface area (Å²) < 4.78 is 5.42. The van der Waals surface area contributed by atoms with Crippen molar-refractivity contribution >= 4 is 29.2 Å². The molecular formula is C26H32N6O2. The van der Waals surface area contributed by atoms with Gasteiger partial charge in [-0.05, 0) is 67.5 Å². The second-order valence-corrected chi connectivity index (χ2v) is 8.56. The van der Waals surface area contributed by atoms with Crippen LogP contribution in [0.25, 0.3) is 5.57 Å². The summed E-state index contributed by atoms with van der Waals surface area (Å²) in [7, 11) is 0. The Morgan fingerprint density at radius 1 is 1.26 bits per heavy atom. The number of hydrogen-bond donors (Lipinski definition) is 3. The van der Waals surface area contributed by atoms with Crippen LogP contribution >= 0.6 is 0 Å². The van der Waals surface area contributed by atoms with Crippen LogP contribution in [0.2, 0.25) is 0 Å². The quantitative estimate of drug-likeness (QED) is 0.299. The number of aliphatic imine (C=N–C) groups is 1. The summed E-state index contributed by atoms with van der Waals surface area (Å²) in [6, 6.07) is 7.76. The van der Waals surface area contributed by atoms with Crippen molar-refractivity contribution in [3.8, 4) is 0 Å². The standard InChI is InChI=1S/C26H32N6O2/c1-19-4-5-22(17-29-19)23-6-7-24(26(32-23)30-16-21-3-2-11-27-15-21)31-25(18-33)28-12-8-20-9-13-34-14-10-20/h2-7,11,15,18,20,29H,8-10,12-14,16-17H2,1H3,(H,28,31)(H,30,32). The molecule has 1 fully saturated rings. The number of carbonyl (C=O) groups excluding carboxylic acids is 1. The van der Waals surface area contributed by atoms with E-state index in [0.29, 0.717) is 42.9 Å². The Bertz CT molecular complexity index is 1060. The van der Waals surface area contributed by atoms with Gasteiger partial charge in [-0.15, -0.1) is 0 Å². The van der Waals surface area contributed by atoms with Gasteiger partial charge in [0.05, 0.1) is 5.69 Å². The number of aromatic nitrogens is 2. The first-order valence-electron chi connectivity index (χ1n) is 11.8. The third-order valence-corrected chi connectivity index (χ3v) is 6.03. The molecule has 2 aromatic heterocycles. The highest BCUT2D eigenvalue weighted by Crippen LogP contribution is 2.27. The second kappa shape index (κ2) is 12.1. The number of aldehydes is 1. The summed E-state index contributed by atoms with van der Waals surface area (Å²) >= 11 is 0. The average Bonchev–Trinajstić information content (AvgIpc) is 2.89. The zero-order valence-electron chi connectivity index (χ0n) is 19.6. The molecular weight excluding hydrogens is 428 g/mol. The first kappa shape index (κ1) is 23.6. The molecule has 2 aliphatic heterocycles. The van der Waals surface area contributed by atoms with E-state index in [0.717, 1.165) is 61.3 Å². The van der Waals surface area contributed by atoms with E-state index in [2.05, 4.69) is 32.0 Å². The molecule has 0 bridgehead atoms. The van der Waals surface area contributed by atoms with Crippen LogP contribution in [0.1, 0.15) is 37.4 Å². The first-order valence-corrected chi connectivity index (χ1v) is 11.8. The molecule has 0 saturated carbocycles. The molecule has 0 spiro atoms. The summed E-state index contributed by atoms with van der Waals surface area (Å²) in [5.41, 5.74) is 4.73. The van der Waals surface area contributed by atoms with Crippen molar-refractivity contribution in [3.05, 3.63) is 65.8 Å². The van der Waals surface area contributed by atoms with Gasteiger partial charge in [-0.25, -0.2) is 9.98 Å². The second-order valence-electron chi connectivity index (χ2n) is 8.56. The van der Waals surface area contributed by atoms with Gasteiger partial charge in [0.1, 0.15) is 5.69 Å². The van der Waals surface area contributed by atoms with Crippen LogP contribution in [-0.4, -0.2) is 48.4 Å².